The first-order valence-electron chi connectivity index (χ1n) is 12.1. The third kappa shape index (κ3) is 4.99. The fourth-order valence-corrected chi connectivity index (χ4v) is 4.90. The molecule has 34 heavy (non-hydrogen) atoms. The predicted molar refractivity (Wildman–Crippen MR) is 129 cm³/mol. The fraction of sp³-hybridized carbons (Fsp3) is 0.444. The molecule has 7 nitrogen and oxygen atoms in total. The van der Waals surface area contributed by atoms with Crippen molar-refractivity contribution in [1.82, 2.24) is 20.4 Å². The summed E-state index contributed by atoms with van der Waals surface area (Å²) in [4.78, 5) is 20.0. The Morgan fingerprint density at radius 2 is 1.85 bits per heavy atom. The summed E-state index contributed by atoms with van der Waals surface area (Å²) in [6.45, 7) is 8.46. The van der Waals surface area contributed by atoms with Gasteiger partial charge in [0, 0.05) is 23.5 Å². The Bertz CT molecular complexity index is 1150. The van der Waals surface area contributed by atoms with E-state index in [1.807, 2.05) is 48.5 Å². The number of aryl methyl sites for hydroxylation is 1. The average Bonchev–Trinajstić information content (AvgIpc) is 3.27. The van der Waals surface area contributed by atoms with Gasteiger partial charge in [0.25, 0.3) is 0 Å². The summed E-state index contributed by atoms with van der Waals surface area (Å²) < 4.78 is 11.6. The number of aromatic nitrogens is 2. The summed E-state index contributed by atoms with van der Waals surface area (Å²) in [5.41, 5.74) is 2.91. The van der Waals surface area contributed by atoms with Gasteiger partial charge in [-0.15, -0.1) is 0 Å². The summed E-state index contributed by atoms with van der Waals surface area (Å²) in [6, 6.07) is 16.1. The third-order valence-electron chi connectivity index (χ3n) is 6.79. The van der Waals surface area contributed by atoms with Gasteiger partial charge in [0.2, 0.25) is 17.6 Å². The Hall–Kier alpha value is -3.19. The van der Waals surface area contributed by atoms with Crippen LogP contribution in [-0.2, 0) is 11.3 Å². The Labute approximate surface area is 200 Å². The van der Waals surface area contributed by atoms with E-state index in [1.54, 1.807) is 0 Å². The van der Waals surface area contributed by atoms with Crippen molar-refractivity contribution in [2.24, 2.45) is 5.92 Å². The SMILES string of the molecule is Cc1ccc(-c2noc(CN3CCC(C(=O)NC4CC(C)(C)Oc5ccccc54)CC3)n2)cc1. The fourth-order valence-electron chi connectivity index (χ4n) is 4.90. The molecule has 0 aliphatic carbocycles. The van der Waals surface area contributed by atoms with E-state index in [-0.39, 0.29) is 23.5 Å². The lowest BCUT2D eigenvalue weighted by Gasteiger charge is -2.39. The van der Waals surface area contributed by atoms with Crippen LogP contribution in [0.3, 0.4) is 0 Å². The molecule has 1 unspecified atom stereocenters. The van der Waals surface area contributed by atoms with Gasteiger partial charge in [-0.25, -0.2) is 0 Å². The number of hydrogen-bond acceptors (Lipinski definition) is 6. The third-order valence-corrected chi connectivity index (χ3v) is 6.79. The van der Waals surface area contributed by atoms with E-state index >= 15 is 0 Å². The van der Waals surface area contributed by atoms with Gasteiger partial charge >= 0.3 is 0 Å². The normalized spacial score (nSPS) is 20.4. The molecule has 1 N–H and O–H groups in total. The smallest absolute Gasteiger partial charge is 0.241 e. The van der Waals surface area contributed by atoms with Crippen LogP contribution in [-0.4, -0.2) is 39.6 Å². The van der Waals surface area contributed by atoms with E-state index in [9.17, 15) is 4.79 Å². The van der Waals surface area contributed by atoms with Gasteiger partial charge in [0.15, 0.2) is 0 Å². The molecule has 2 aliphatic rings. The van der Waals surface area contributed by atoms with Crippen molar-refractivity contribution in [3.8, 4) is 17.1 Å². The second-order valence-electron chi connectivity index (χ2n) is 10.1. The maximum absolute atomic E-state index is 13.1. The van der Waals surface area contributed by atoms with Crippen LogP contribution in [0.25, 0.3) is 11.4 Å². The number of hydrogen-bond donors (Lipinski definition) is 1. The molecule has 0 radical (unpaired) electrons. The van der Waals surface area contributed by atoms with Gasteiger partial charge in [0.05, 0.1) is 12.6 Å². The number of para-hydroxylation sites is 1. The molecule has 2 aliphatic heterocycles. The van der Waals surface area contributed by atoms with Crippen molar-refractivity contribution in [3.05, 3.63) is 65.5 Å². The van der Waals surface area contributed by atoms with Crippen molar-refractivity contribution < 1.29 is 14.1 Å². The first kappa shape index (κ1) is 22.6. The summed E-state index contributed by atoms with van der Waals surface area (Å²) in [7, 11) is 0. The molecule has 0 bridgehead atoms. The first-order chi connectivity index (χ1) is 16.4. The Kier molecular flexibility index (Phi) is 6.13. The molecule has 178 valence electrons. The lowest BCUT2D eigenvalue weighted by molar-refractivity contribution is -0.127. The number of nitrogens with one attached hydrogen (secondary N) is 1. The second-order valence-corrected chi connectivity index (χ2v) is 10.1. The summed E-state index contributed by atoms with van der Waals surface area (Å²) in [5.74, 6) is 2.24. The number of nitrogens with zero attached hydrogens (tertiary/aromatic N) is 3. The topological polar surface area (TPSA) is 80.5 Å². The molecule has 3 heterocycles. The van der Waals surface area contributed by atoms with Crippen molar-refractivity contribution >= 4 is 5.91 Å². The first-order valence-corrected chi connectivity index (χ1v) is 12.1. The Morgan fingerprint density at radius 1 is 1.12 bits per heavy atom. The van der Waals surface area contributed by atoms with Crippen molar-refractivity contribution in [1.29, 1.82) is 0 Å². The largest absolute Gasteiger partial charge is 0.487 e. The van der Waals surface area contributed by atoms with E-state index in [1.165, 1.54) is 5.56 Å². The van der Waals surface area contributed by atoms with E-state index in [2.05, 4.69) is 41.1 Å². The quantitative estimate of drug-likeness (QED) is 0.596. The molecule has 0 saturated carbocycles. The van der Waals surface area contributed by atoms with Gasteiger partial charge in [-0.3, -0.25) is 9.69 Å². The highest BCUT2D eigenvalue weighted by atomic mass is 16.5. The zero-order chi connectivity index (χ0) is 23.7. The highest BCUT2D eigenvalue weighted by Crippen LogP contribution is 2.39. The molecule has 0 spiro atoms. The average molecular weight is 461 g/mol. The van der Waals surface area contributed by atoms with Crippen molar-refractivity contribution in [2.45, 2.75) is 58.2 Å². The van der Waals surface area contributed by atoms with Crippen LogP contribution in [0.1, 0.15) is 56.2 Å². The monoisotopic (exact) mass is 460 g/mol. The van der Waals surface area contributed by atoms with Gasteiger partial charge in [0.1, 0.15) is 11.4 Å². The second kappa shape index (κ2) is 9.22. The molecule has 1 fully saturated rings. The zero-order valence-electron chi connectivity index (χ0n) is 20.1. The number of piperidine rings is 1. The van der Waals surface area contributed by atoms with E-state index in [0.717, 1.165) is 49.2 Å². The molecule has 1 saturated heterocycles. The minimum atomic E-state index is -0.308. The summed E-state index contributed by atoms with van der Waals surface area (Å²) in [5, 5.41) is 7.44. The molecule has 5 rings (SSSR count). The van der Waals surface area contributed by atoms with Crippen LogP contribution in [0.4, 0.5) is 0 Å². The number of likely N-dealkylation sites (tertiary alicyclic amines) is 1. The Balaban J connectivity index is 1.15. The van der Waals surface area contributed by atoms with E-state index in [0.29, 0.717) is 18.3 Å². The van der Waals surface area contributed by atoms with Crippen LogP contribution in [0.5, 0.6) is 5.75 Å². The number of carbonyl (C=O) groups is 1. The molecular formula is C27H32N4O3. The number of benzene rings is 2. The van der Waals surface area contributed by atoms with Gasteiger partial charge < -0.3 is 14.6 Å². The summed E-state index contributed by atoms with van der Waals surface area (Å²) >= 11 is 0. The predicted octanol–water partition coefficient (Wildman–Crippen LogP) is 4.68. The van der Waals surface area contributed by atoms with Crippen LogP contribution >= 0.6 is 0 Å². The molecule has 2 aromatic carbocycles. The van der Waals surface area contributed by atoms with Crippen LogP contribution in [0.15, 0.2) is 53.1 Å². The van der Waals surface area contributed by atoms with E-state index in [4.69, 9.17) is 9.26 Å². The standard InChI is InChI=1S/C27H32N4O3/c1-18-8-10-19(11-9-18)25-29-24(34-30-25)17-31-14-12-20(13-15-31)26(32)28-22-16-27(2,3)33-23-7-5-4-6-21(22)23/h4-11,20,22H,12-17H2,1-3H3,(H,28,32). The molecule has 1 aromatic heterocycles. The highest BCUT2D eigenvalue weighted by Gasteiger charge is 2.36. The number of amides is 1. The lowest BCUT2D eigenvalue weighted by atomic mass is 9.88. The molecule has 1 atom stereocenters. The minimum absolute atomic E-state index is 0.0140. The molecule has 1 amide bonds. The van der Waals surface area contributed by atoms with Crippen LogP contribution in [0.2, 0.25) is 0 Å². The van der Waals surface area contributed by atoms with E-state index < -0.39 is 0 Å². The van der Waals surface area contributed by atoms with Gasteiger partial charge in [-0.1, -0.05) is 53.2 Å². The highest BCUT2D eigenvalue weighted by molar-refractivity contribution is 5.79. The number of ether oxygens (including phenoxy) is 1. The zero-order valence-corrected chi connectivity index (χ0v) is 20.1. The van der Waals surface area contributed by atoms with Crippen molar-refractivity contribution in [3.63, 3.8) is 0 Å². The minimum Gasteiger partial charge on any atom is -0.487 e. The molecule has 7 heteroatoms. The maximum Gasteiger partial charge on any atom is 0.241 e. The molecule has 3 aromatic rings. The Morgan fingerprint density at radius 3 is 2.62 bits per heavy atom. The van der Waals surface area contributed by atoms with Crippen LogP contribution < -0.4 is 10.1 Å². The summed E-state index contributed by atoms with van der Waals surface area (Å²) in [6.07, 6.45) is 2.40. The van der Waals surface area contributed by atoms with Crippen LogP contribution in [0, 0.1) is 12.8 Å². The van der Waals surface area contributed by atoms with Crippen molar-refractivity contribution in [2.75, 3.05) is 13.1 Å². The maximum atomic E-state index is 13.1. The lowest BCUT2D eigenvalue weighted by Crippen LogP contribution is -2.45. The van der Waals surface area contributed by atoms with Gasteiger partial charge in [-0.05, 0) is 52.8 Å². The number of carbonyl (C=O) groups excluding carboxylic acids is 1. The van der Waals surface area contributed by atoms with Gasteiger partial charge in [-0.2, -0.15) is 4.98 Å². The number of fused-ring (bicyclic) bond motifs is 1. The molecular weight excluding hydrogens is 428 g/mol. The number of rotatable bonds is 5.